The molecule has 0 saturated carbocycles. The first kappa shape index (κ1) is 16.0. The Kier molecular flexibility index (Phi) is 3.72. The lowest BCUT2D eigenvalue weighted by atomic mass is 10.1. The van der Waals surface area contributed by atoms with Gasteiger partial charge in [0.2, 0.25) is 5.76 Å². The van der Waals surface area contributed by atoms with E-state index in [1.807, 2.05) is 4.68 Å². The molecule has 0 spiro atoms. The largest absolute Gasteiger partial charge is 0.461 e. The smallest absolute Gasteiger partial charge is 0.279 e. The fourth-order valence-electron chi connectivity index (χ4n) is 2.72. The van der Waals surface area contributed by atoms with E-state index in [-0.39, 0.29) is 17.1 Å². The van der Waals surface area contributed by atoms with Crippen molar-refractivity contribution >= 4 is 23.5 Å². The van der Waals surface area contributed by atoms with E-state index < -0.39 is 0 Å². The van der Waals surface area contributed by atoms with Gasteiger partial charge in [-0.1, -0.05) is 5.16 Å². The molecule has 8 heteroatoms. The lowest BCUT2D eigenvalue weighted by molar-refractivity contribution is 0.101. The third-order valence-electron chi connectivity index (χ3n) is 3.93. The van der Waals surface area contributed by atoms with Gasteiger partial charge in [0.15, 0.2) is 11.5 Å². The van der Waals surface area contributed by atoms with Gasteiger partial charge in [-0.15, -0.1) is 0 Å². The third kappa shape index (κ3) is 2.86. The Morgan fingerprint density at radius 3 is 2.88 bits per heavy atom. The topological polar surface area (TPSA) is 86.1 Å². The van der Waals surface area contributed by atoms with E-state index in [1.165, 1.54) is 0 Å². The third-order valence-corrected chi connectivity index (χ3v) is 4.90. The van der Waals surface area contributed by atoms with Crippen LogP contribution in [0.15, 0.2) is 33.4 Å². The van der Waals surface area contributed by atoms with Crippen LogP contribution in [0.25, 0.3) is 11.5 Å². The molecule has 7 nitrogen and oxygen atoms in total. The maximum atomic E-state index is 12.7. The highest BCUT2D eigenvalue weighted by Crippen LogP contribution is 2.37. The Balaban J connectivity index is 1.63. The van der Waals surface area contributed by atoms with Gasteiger partial charge in [-0.3, -0.25) is 4.79 Å². The second kappa shape index (κ2) is 5.80. The zero-order valence-electron chi connectivity index (χ0n) is 14.2. The molecule has 0 fully saturated rings. The van der Waals surface area contributed by atoms with Gasteiger partial charge in [0.25, 0.3) is 5.91 Å². The molecule has 3 aromatic rings. The summed E-state index contributed by atoms with van der Waals surface area (Å²) in [4.78, 5) is 12.7. The van der Waals surface area contributed by atoms with Crippen LogP contribution in [0.5, 0.6) is 0 Å². The van der Waals surface area contributed by atoms with Crippen molar-refractivity contribution < 1.29 is 13.7 Å². The van der Waals surface area contributed by atoms with E-state index in [0.29, 0.717) is 11.5 Å². The predicted molar refractivity (Wildman–Crippen MR) is 94.4 cm³/mol. The first-order valence-corrected chi connectivity index (χ1v) is 9.10. The van der Waals surface area contributed by atoms with E-state index in [1.54, 1.807) is 36.2 Å². The van der Waals surface area contributed by atoms with Crippen LogP contribution in [0.1, 0.15) is 42.5 Å². The Morgan fingerprint density at radius 1 is 1.32 bits per heavy atom. The van der Waals surface area contributed by atoms with E-state index in [2.05, 4.69) is 36.3 Å². The Bertz CT molecular complexity index is 918. The van der Waals surface area contributed by atoms with Crippen LogP contribution in [0.4, 0.5) is 5.82 Å². The van der Waals surface area contributed by atoms with E-state index >= 15 is 0 Å². The highest BCUT2D eigenvalue weighted by Gasteiger charge is 2.29. The van der Waals surface area contributed by atoms with Crippen molar-refractivity contribution in [1.82, 2.24) is 14.9 Å². The average molecular weight is 358 g/mol. The van der Waals surface area contributed by atoms with Crippen LogP contribution in [0.2, 0.25) is 0 Å². The van der Waals surface area contributed by atoms with Crippen molar-refractivity contribution in [1.29, 1.82) is 0 Å². The second-order valence-electron chi connectivity index (χ2n) is 6.86. The summed E-state index contributed by atoms with van der Waals surface area (Å²) in [6.07, 6.45) is 1.54. The molecule has 130 valence electrons. The molecular formula is C17H18N4O3S. The van der Waals surface area contributed by atoms with Crippen molar-refractivity contribution in [3.8, 4) is 11.5 Å². The fraction of sp³-hybridized carbons (Fsp3) is 0.353. The number of hydrogen-bond acceptors (Lipinski definition) is 6. The second-order valence-corrected chi connectivity index (χ2v) is 7.84. The molecule has 1 aliphatic rings. The van der Waals surface area contributed by atoms with Gasteiger partial charge in [-0.25, -0.2) is 4.68 Å². The number of rotatable bonds is 3. The molecule has 0 bridgehead atoms. The molecule has 3 aromatic heterocycles. The zero-order valence-corrected chi connectivity index (χ0v) is 15.0. The minimum atomic E-state index is -0.327. The quantitative estimate of drug-likeness (QED) is 0.764. The number of nitrogens with zero attached hydrogens (tertiary/aromatic N) is 3. The van der Waals surface area contributed by atoms with Crippen molar-refractivity contribution in [2.24, 2.45) is 0 Å². The SMILES string of the molecule is CC(C)(C)n1nc2c(c1NC(=O)c1cc(-c3ccco3)on1)CSC2. The monoisotopic (exact) mass is 358 g/mol. The summed E-state index contributed by atoms with van der Waals surface area (Å²) in [5.74, 6) is 3.07. The lowest BCUT2D eigenvalue weighted by Crippen LogP contribution is -2.27. The molecule has 25 heavy (non-hydrogen) atoms. The number of amides is 1. The van der Waals surface area contributed by atoms with Crippen molar-refractivity contribution in [3.63, 3.8) is 0 Å². The lowest BCUT2D eigenvalue weighted by Gasteiger charge is -2.23. The number of carbonyl (C=O) groups excluding carboxylic acids is 1. The number of furan rings is 1. The van der Waals surface area contributed by atoms with Gasteiger partial charge in [-0.05, 0) is 32.9 Å². The molecule has 0 unspecified atom stereocenters. The van der Waals surface area contributed by atoms with Gasteiger partial charge in [0.05, 0.1) is 17.5 Å². The molecule has 0 aromatic carbocycles. The molecule has 0 atom stereocenters. The van der Waals surface area contributed by atoms with Crippen molar-refractivity contribution in [2.45, 2.75) is 37.8 Å². The fourth-order valence-corrected chi connectivity index (χ4v) is 3.75. The van der Waals surface area contributed by atoms with Crippen molar-refractivity contribution in [3.05, 3.63) is 41.4 Å². The Labute approximate surface area is 148 Å². The van der Waals surface area contributed by atoms with Gasteiger partial charge in [0, 0.05) is 23.1 Å². The summed E-state index contributed by atoms with van der Waals surface area (Å²) in [6.45, 7) is 6.18. The molecule has 4 rings (SSSR count). The number of anilines is 1. The Hall–Kier alpha value is -2.48. The van der Waals surface area contributed by atoms with Gasteiger partial charge >= 0.3 is 0 Å². The predicted octanol–water partition coefficient (Wildman–Crippen LogP) is 3.89. The maximum Gasteiger partial charge on any atom is 0.279 e. The molecule has 1 amide bonds. The summed E-state index contributed by atoms with van der Waals surface area (Å²) in [5.41, 5.74) is 2.09. The zero-order chi connectivity index (χ0) is 17.6. The Morgan fingerprint density at radius 2 is 2.16 bits per heavy atom. The molecule has 0 aliphatic carbocycles. The van der Waals surface area contributed by atoms with Crippen LogP contribution < -0.4 is 5.32 Å². The number of hydrogen-bond donors (Lipinski definition) is 1. The van der Waals surface area contributed by atoms with Crippen LogP contribution >= 0.6 is 11.8 Å². The van der Waals surface area contributed by atoms with Crippen LogP contribution in [-0.4, -0.2) is 20.8 Å². The summed E-state index contributed by atoms with van der Waals surface area (Å²) in [7, 11) is 0. The average Bonchev–Trinajstić information content (AvgIpc) is 3.32. The minimum Gasteiger partial charge on any atom is -0.461 e. The number of nitrogens with one attached hydrogen (secondary N) is 1. The number of fused-ring (bicyclic) bond motifs is 1. The van der Waals surface area contributed by atoms with Crippen molar-refractivity contribution in [2.75, 3.05) is 5.32 Å². The number of aromatic nitrogens is 3. The van der Waals surface area contributed by atoms with Crippen LogP contribution in [0.3, 0.4) is 0 Å². The summed E-state index contributed by atoms with van der Waals surface area (Å²) < 4.78 is 12.3. The summed E-state index contributed by atoms with van der Waals surface area (Å²) >= 11 is 1.79. The maximum absolute atomic E-state index is 12.7. The molecule has 1 aliphatic heterocycles. The van der Waals surface area contributed by atoms with Gasteiger partial charge in [0.1, 0.15) is 5.82 Å². The molecule has 4 heterocycles. The first-order chi connectivity index (χ1) is 11.9. The standard InChI is InChI=1S/C17H18N4O3S/c1-17(2,3)21-15(10-8-25-9-12(10)19-21)18-16(22)11-7-14(24-20-11)13-5-4-6-23-13/h4-7H,8-9H2,1-3H3,(H,18,22). The van der Waals surface area contributed by atoms with E-state index in [0.717, 1.165) is 28.6 Å². The molecular weight excluding hydrogens is 340 g/mol. The number of thioether (sulfide) groups is 1. The first-order valence-electron chi connectivity index (χ1n) is 7.94. The highest BCUT2D eigenvalue weighted by atomic mass is 32.2. The van der Waals surface area contributed by atoms with Gasteiger partial charge < -0.3 is 14.3 Å². The van der Waals surface area contributed by atoms with Crippen LogP contribution in [-0.2, 0) is 17.0 Å². The molecule has 1 N–H and O–H groups in total. The molecule has 0 radical (unpaired) electrons. The minimum absolute atomic E-state index is 0.201. The van der Waals surface area contributed by atoms with E-state index in [4.69, 9.17) is 8.94 Å². The summed E-state index contributed by atoms with van der Waals surface area (Å²) in [5, 5.41) is 11.5. The van der Waals surface area contributed by atoms with Crippen LogP contribution in [0, 0.1) is 0 Å². The summed E-state index contributed by atoms with van der Waals surface area (Å²) in [6, 6.07) is 5.07. The molecule has 0 saturated heterocycles. The van der Waals surface area contributed by atoms with Gasteiger partial charge in [-0.2, -0.15) is 16.9 Å². The number of carbonyl (C=O) groups is 1. The van der Waals surface area contributed by atoms with E-state index in [9.17, 15) is 4.79 Å². The highest BCUT2D eigenvalue weighted by molar-refractivity contribution is 7.98. The normalized spacial score (nSPS) is 13.9.